The summed E-state index contributed by atoms with van der Waals surface area (Å²) in [4.78, 5) is 14.4. The van der Waals surface area contributed by atoms with Gasteiger partial charge in [0.15, 0.2) is 0 Å². The largest absolute Gasteiger partial charge is 0.326 e. The smallest absolute Gasteiger partial charge is 0.248 e. The summed E-state index contributed by atoms with van der Waals surface area (Å²) in [5.74, 6) is -0.213. The van der Waals surface area contributed by atoms with Crippen LogP contribution in [0.25, 0.3) is 0 Å². The minimum absolute atomic E-state index is 0.0428. The first-order valence-electron chi connectivity index (χ1n) is 8.89. The van der Waals surface area contributed by atoms with Gasteiger partial charge in [0.25, 0.3) is 0 Å². The van der Waals surface area contributed by atoms with Crippen LogP contribution in [0.15, 0.2) is 53.6 Å². The summed E-state index contributed by atoms with van der Waals surface area (Å²) >= 11 is 0. The topological polar surface area (TPSA) is 62.7 Å². The Morgan fingerprint density at radius 3 is 3.04 bits per heavy atom. The molecule has 0 saturated carbocycles. The summed E-state index contributed by atoms with van der Waals surface area (Å²) in [5.41, 5.74) is 3.85. The molecule has 1 unspecified atom stereocenters. The lowest BCUT2D eigenvalue weighted by atomic mass is 9.91. The molecule has 1 atom stereocenters. The Morgan fingerprint density at radius 2 is 2.15 bits per heavy atom. The SMILES string of the molecule is O=c1ccc2c([nH]1)CCCC2NCc1cnn(Cc2ccccc2F)c1. The number of aryl methyl sites for hydroxylation is 1. The Balaban J connectivity index is 1.41. The fourth-order valence-electron chi connectivity index (χ4n) is 3.54. The summed E-state index contributed by atoms with van der Waals surface area (Å²) < 4.78 is 15.5. The average molecular weight is 352 g/mol. The molecule has 2 heterocycles. The van der Waals surface area contributed by atoms with Crippen LogP contribution in [0.1, 0.15) is 41.3 Å². The first-order chi connectivity index (χ1) is 12.7. The Kier molecular flexibility index (Phi) is 4.67. The van der Waals surface area contributed by atoms with Crippen LogP contribution in [0.2, 0.25) is 0 Å². The second-order valence-electron chi connectivity index (χ2n) is 6.72. The summed E-state index contributed by atoms with van der Waals surface area (Å²) in [5, 5.41) is 7.89. The minimum Gasteiger partial charge on any atom is -0.326 e. The van der Waals surface area contributed by atoms with Crippen LogP contribution in [-0.4, -0.2) is 14.8 Å². The zero-order valence-electron chi connectivity index (χ0n) is 14.4. The number of hydrogen-bond donors (Lipinski definition) is 2. The monoisotopic (exact) mass is 352 g/mol. The number of nitrogens with zero attached hydrogens (tertiary/aromatic N) is 2. The number of pyridine rings is 1. The van der Waals surface area contributed by atoms with Gasteiger partial charge in [-0.1, -0.05) is 24.3 Å². The van der Waals surface area contributed by atoms with Crippen LogP contribution in [0, 0.1) is 5.82 Å². The molecule has 2 aromatic heterocycles. The molecule has 2 N–H and O–H groups in total. The van der Waals surface area contributed by atoms with Crippen LogP contribution >= 0.6 is 0 Å². The van der Waals surface area contributed by atoms with Gasteiger partial charge in [-0.25, -0.2) is 4.39 Å². The number of benzene rings is 1. The molecule has 0 aliphatic heterocycles. The fourth-order valence-corrected chi connectivity index (χ4v) is 3.54. The first kappa shape index (κ1) is 16.7. The molecule has 134 valence electrons. The summed E-state index contributed by atoms with van der Waals surface area (Å²) in [6.07, 6.45) is 6.77. The number of aromatic nitrogens is 3. The van der Waals surface area contributed by atoms with E-state index in [0.29, 0.717) is 18.7 Å². The lowest BCUT2D eigenvalue weighted by Gasteiger charge is -2.25. The van der Waals surface area contributed by atoms with Crippen molar-refractivity contribution in [1.29, 1.82) is 0 Å². The second-order valence-corrected chi connectivity index (χ2v) is 6.72. The molecular weight excluding hydrogens is 331 g/mol. The molecule has 3 aromatic rings. The Hall–Kier alpha value is -2.73. The molecular formula is C20H21FN4O. The van der Waals surface area contributed by atoms with Crippen LogP contribution < -0.4 is 10.9 Å². The lowest BCUT2D eigenvalue weighted by molar-refractivity contribution is 0.453. The molecule has 6 heteroatoms. The second kappa shape index (κ2) is 7.25. The van der Waals surface area contributed by atoms with Crippen molar-refractivity contribution in [3.05, 3.63) is 87.3 Å². The van der Waals surface area contributed by atoms with E-state index in [9.17, 15) is 9.18 Å². The molecule has 5 nitrogen and oxygen atoms in total. The van der Waals surface area contributed by atoms with E-state index in [4.69, 9.17) is 0 Å². The van der Waals surface area contributed by atoms with E-state index in [-0.39, 0.29) is 17.4 Å². The molecule has 26 heavy (non-hydrogen) atoms. The van der Waals surface area contributed by atoms with Gasteiger partial charge in [-0.05, 0) is 30.9 Å². The predicted octanol–water partition coefficient (Wildman–Crippen LogP) is 2.93. The molecule has 0 radical (unpaired) electrons. The highest BCUT2D eigenvalue weighted by molar-refractivity contribution is 5.26. The zero-order chi connectivity index (χ0) is 17.9. The minimum atomic E-state index is -0.213. The number of nitrogens with one attached hydrogen (secondary N) is 2. The van der Waals surface area contributed by atoms with Gasteiger partial charge in [-0.15, -0.1) is 0 Å². The predicted molar refractivity (Wildman–Crippen MR) is 97.3 cm³/mol. The number of fused-ring (bicyclic) bond motifs is 1. The third kappa shape index (κ3) is 3.60. The van der Waals surface area contributed by atoms with Gasteiger partial charge in [0, 0.05) is 41.7 Å². The van der Waals surface area contributed by atoms with Crippen molar-refractivity contribution < 1.29 is 4.39 Å². The zero-order valence-corrected chi connectivity index (χ0v) is 14.4. The van der Waals surface area contributed by atoms with Crippen molar-refractivity contribution in [3.63, 3.8) is 0 Å². The average Bonchev–Trinajstić information content (AvgIpc) is 3.09. The number of hydrogen-bond acceptors (Lipinski definition) is 3. The van der Waals surface area contributed by atoms with Crippen molar-refractivity contribution in [1.82, 2.24) is 20.1 Å². The van der Waals surface area contributed by atoms with E-state index in [1.54, 1.807) is 22.9 Å². The maximum atomic E-state index is 13.8. The van der Waals surface area contributed by atoms with Gasteiger partial charge in [0.2, 0.25) is 5.56 Å². The van der Waals surface area contributed by atoms with Gasteiger partial charge in [0.05, 0.1) is 12.7 Å². The van der Waals surface area contributed by atoms with Gasteiger partial charge in [-0.2, -0.15) is 5.10 Å². The highest BCUT2D eigenvalue weighted by Gasteiger charge is 2.20. The van der Waals surface area contributed by atoms with E-state index < -0.39 is 0 Å². The number of rotatable bonds is 5. The molecule has 0 bridgehead atoms. The van der Waals surface area contributed by atoms with Crippen LogP contribution in [0.5, 0.6) is 0 Å². The normalized spacial score (nSPS) is 16.4. The molecule has 1 aliphatic rings. The van der Waals surface area contributed by atoms with Crippen LogP contribution in [-0.2, 0) is 19.5 Å². The third-order valence-corrected chi connectivity index (χ3v) is 4.86. The fraction of sp³-hybridized carbons (Fsp3) is 0.300. The van der Waals surface area contributed by atoms with E-state index in [0.717, 1.165) is 30.5 Å². The van der Waals surface area contributed by atoms with Crippen molar-refractivity contribution >= 4 is 0 Å². The Bertz CT molecular complexity index is 962. The molecule has 1 aliphatic carbocycles. The van der Waals surface area contributed by atoms with E-state index in [2.05, 4.69) is 15.4 Å². The van der Waals surface area contributed by atoms with Gasteiger partial charge >= 0.3 is 0 Å². The van der Waals surface area contributed by atoms with Crippen LogP contribution in [0.3, 0.4) is 0 Å². The van der Waals surface area contributed by atoms with Crippen molar-refractivity contribution in [2.75, 3.05) is 0 Å². The maximum absolute atomic E-state index is 13.8. The van der Waals surface area contributed by atoms with E-state index in [1.165, 1.54) is 11.6 Å². The van der Waals surface area contributed by atoms with Gasteiger partial charge in [-0.3, -0.25) is 9.48 Å². The number of halogens is 1. The summed E-state index contributed by atoms with van der Waals surface area (Å²) in [7, 11) is 0. The first-order valence-corrected chi connectivity index (χ1v) is 8.89. The van der Waals surface area contributed by atoms with E-state index in [1.807, 2.05) is 24.5 Å². The highest BCUT2D eigenvalue weighted by Crippen LogP contribution is 2.27. The molecule has 4 rings (SSSR count). The molecule has 0 fully saturated rings. The molecule has 0 saturated heterocycles. The molecule has 0 spiro atoms. The van der Waals surface area contributed by atoms with Gasteiger partial charge in [0.1, 0.15) is 5.82 Å². The standard InChI is InChI=1S/C20H21FN4O/c21-17-5-2-1-4-15(17)13-25-12-14(11-23-25)10-22-18-6-3-7-19-16(18)8-9-20(26)24-19/h1-2,4-5,8-9,11-12,18,22H,3,6-7,10,13H2,(H,24,26). The van der Waals surface area contributed by atoms with Crippen molar-refractivity contribution in [2.45, 2.75) is 38.4 Å². The number of H-pyrrole nitrogens is 1. The maximum Gasteiger partial charge on any atom is 0.248 e. The number of aromatic amines is 1. The van der Waals surface area contributed by atoms with Crippen molar-refractivity contribution in [2.24, 2.45) is 0 Å². The Labute approximate surface area is 150 Å². The molecule has 1 aromatic carbocycles. The van der Waals surface area contributed by atoms with Crippen molar-refractivity contribution in [3.8, 4) is 0 Å². The Morgan fingerprint density at radius 1 is 1.27 bits per heavy atom. The van der Waals surface area contributed by atoms with Crippen LogP contribution in [0.4, 0.5) is 4.39 Å². The van der Waals surface area contributed by atoms with Gasteiger partial charge < -0.3 is 10.3 Å². The highest BCUT2D eigenvalue weighted by atomic mass is 19.1. The quantitative estimate of drug-likeness (QED) is 0.742. The summed E-state index contributed by atoms with van der Waals surface area (Å²) in [6.45, 7) is 1.10. The lowest BCUT2D eigenvalue weighted by Crippen LogP contribution is -2.27. The third-order valence-electron chi connectivity index (χ3n) is 4.86. The summed E-state index contributed by atoms with van der Waals surface area (Å²) in [6, 6.07) is 10.5. The van der Waals surface area contributed by atoms with E-state index >= 15 is 0 Å². The molecule has 0 amide bonds.